The molecule has 0 spiro atoms. The third-order valence-corrected chi connectivity index (χ3v) is 3.96. The van der Waals surface area contributed by atoms with Gasteiger partial charge in [0.1, 0.15) is 12.4 Å². The minimum Gasteiger partial charge on any atom is -0.481 e. The standard InChI is InChI=1S/C23H20N2O3/c1-17(26)25-19-10-7-11-20(16-19)28-15-5-4-14-24-23(27)22-13-6-9-18-8-2-3-12-21(18)22/h2-3,6-13,16H,14-15H2,1H3,(H,24,27)(H,25,26). The Kier molecular flexibility index (Phi) is 6.27. The number of nitrogens with one attached hydrogen (secondary N) is 2. The van der Waals surface area contributed by atoms with Gasteiger partial charge >= 0.3 is 0 Å². The van der Waals surface area contributed by atoms with Crippen molar-refractivity contribution in [2.24, 2.45) is 0 Å². The molecule has 2 N–H and O–H groups in total. The molecule has 0 aliphatic heterocycles. The van der Waals surface area contributed by atoms with Crippen molar-refractivity contribution in [3.63, 3.8) is 0 Å². The quantitative estimate of drug-likeness (QED) is 0.673. The van der Waals surface area contributed by atoms with Crippen LogP contribution in [0.5, 0.6) is 5.75 Å². The van der Waals surface area contributed by atoms with E-state index < -0.39 is 0 Å². The van der Waals surface area contributed by atoms with E-state index in [-0.39, 0.29) is 25.0 Å². The number of benzene rings is 3. The Morgan fingerprint density at radius 1 is 0.964 bits per heavy atom. The van der Waals surface area contributed by atoms with Crippen LogP contribution in [0.25, 0.3) is 10.8 Å². The first-order chi connectivity index (χ1) is 13.6. The van der Waals surface area contributed by atoms with E-state index in [1.165, 1.54) is 6.92 Å². The third-order valence-electron chi connectivity index (χ3n) is 3.96. The van der Waals surface area contributed by atoms with Crippen LogP contribution in [-0.4, -0.2) is 25.0 Å². The highest BCUT2D eigenvalue weighted by Gasteiger charge is 2.08. The van der Waals surface area contributed by atoms with Gasteiger partial charge in [0.05, 0.1) is 6.54 Å². The van der Waals surface area contributed by atoms with Crippen molar-refractivity contribution in [1.29, 1.82) is 0 Å². The molecule has 140 valence electrons. The van der Waals surface area contributed by atoms with Gasteiger partial charge in [-0.25, -0.2) is 0 Å². The monoisotopic (exact) mass is 372 g/mol. The zero-order valence-corrected chi connectivity index (χ0v) is 15.5. The topological polar surface area (TPSA) is 67.4 Å². The molecule has 0 aliphatic rings. The Bertz CT molecular complexity index is 1060. The Morgan fingerprint density at radius 3 is 2.61 bits per heavy atom. The van der Waals surface area contributed by atoms with Crippen LogP contribution >= 0.6 is 0 Å². The van der Waals surface area contributed by atoms with Gasteiger partial charge in [0.15, 0.2) is 0 Å². The van der Waals surface area contributed by atoms with E-state index in [9.17, 15) is 9.59 Å². The molecular weight excluding hydrogens is 352 g/mol. The van der Waals surface area contributed by atoms with Crippen LogP contribution in [0, 0.1) is 11.8 Å². The fourth-order valence-corrected chi connectivity index (χ4v) is 2.74. The van der Waals surface area contributed by atoms with Gasteiger partial charge in [-0.1, -0.05) is 54.3 Å². The molecule has 0 saturated heterocycles. The molecule has 3 rings (SSSR count). The largest absolute Gasteiger partial charge is 0.481 e. The summed E-state index contributed by atoms with van der Waals surface area (Å²) >= 11 is 0. The molecule has 2 amide bonds. The van der Waals surface area contributed by atoms with E-state index in [4.69, 9.17) is 4.74 Å². The van der Waals surface area contributed by atoms with Crippen molar-refractivity contribution in [3.8, 4) is 17.6 Å². The van der Waals surface area contributed by atoms with Crippen molar-refractivity contribution in [2.75, 3.05) is 18.5 Å². The summed E-state index contributed by atoms with van der Waals surface area (Å²) < 4.78 is 5.54. The van der Waals surface area contributed by atoms with Gasteiger partial charge in [-0.3, -0.25) is 9.59 Å². The second-order valence-corrected chi connectivity index (χ2v) is 6.06. The van der Waals surface area contributed by atoms with E-state index in [1.54, 1.807) is 30.3 Å². The van der Waals surface area contributed by atoms with Gasteiger partial charge in [0, 0.05) is 24.2 Å². The van der Waals surface area contributed by atoms with Crippen molar-refractivity contribution in [3.05, 3.63) is 72.3 Å². The third kappa shape index (κ3) is 5.12. The predicted molar refractivity (Wildman–Crippen MR) is 110 cm³/mol. The number of ether oxygens (including phenoxy) is 1. The summed E-state index contributed by atoms with van der Waals surface area (Å²) in [7, 11) is 0. The number of hydrogen-bond acceptors (Lipinski definition) is 3. The van der Waals surface area contributed by atoms with Crippen LogP contribution in [0.15, 0.2) is 66.7 Å². The van der Waals surface area contributed by atoms with Crippen LogP contribution in [-0.2, 0) is 4.79 Å². The van der Waals surface area contributed by atoms with E-state index in [1.807, 2.05) is 36.4 Å². The van der Waals surface area contributed by atoms with Crippen LogP contribution in [0.3, 0.4) is 0 Å². The fourth-order valence-electron chi connectivity index (χ4n) is 2.74. The van der Waals surface area contributed by atoms with E-state index >= 15 is 0 Å². The zero-order chi connectivity index (χ0) is 19.8. The summed E-state index contributed by atoms with van der Waals surface area (Å²) in [6.07, 6.45) is 0. The second-order valence-electron chi connectivity index (χ2n) is 6.06. The molecule has 3 aromatic carbocycles. The Hall–Kier alpha value is -3.78. The molecule has 0 fully saturated rings. The van der Waals surface area contributed by atoms with Gasteiger partial charge in [-0.05, 0) is 29.0 Å². The molecule has 0 aromatic heterocycles. The maximum absolute atomic E-state index is 12.4. The first-order valence-electron chi connectivity index (χ1n) is 8.85. The number of carbonyl (C=O) groups excluding carboxylic acids is 2. The first-order valence-corrected chi connectivity index (χ1v) is 8.85. The highest BCUT2D eigenvalue weighted by Crippen LogP contribution is 2.18. The second kappa shape index (κ2) is 9.24. The number of anilines is 1. The molecule has 0 unspecified atom stereocenters. The molecule has 0 aliphatic carbocycles. The highest BCUT2D eigenvalue weighted by atomic mass is 16.5. The molecule has 5 nitrogen and oxygen atoms in total. The van der Waals surface area contributed by atoms with E-state index in [0.717, 1.165) is 10.8 Å². The lowest BCUT2D eigenvalue weighted by molar-refractivity contribution is -0.114. The van der Waals surface area contributed by atoms with Crippen LogP contribution in [0.2, 0.25) is 0 Å². The Labute approximate surface area is 163 Å². The van der Waals surface area contributed by atoms with Crippen LogP contribution in [0.1, 0.15) is 17.3 Å². The average molecular weight is 372 g/mol. The van der Waals surface area contributed by atoms with E-state index in [2.05, 4.69) is 22.5 Å². The van der Waals surface area contributed by atoms with Crippen molar-refractivity contribution >= 4 is 28.3 Å². The maximum Gasteiger partial charge on any atom is 0.252 e. The lowest BCUT2D eigenvalue weighted by atomic mass is 10.0. The summed E-state index contributed by atoms with van der Waals surface area (Å²) in [6, 6.07) is 20.5. The maximum atomic E-state index is 12.4. The molecule has 0 radical (unpaired) electrons. The fraction of sp³-hybridized carbons (Fsp3) is 0.130. The molecule has 0 heterocycles. The first kappa shape index (κ1) is 19.0. The van der Waals surface area contributed by atoms with Crippen LogP contribution in [0.4, 0.5) is 5.69 Å². The lowest BCUT2D eigenvalue weighted by Gasteiger charge is -2.06. The molecule has 0 atom stereocenters. The number of fused-ring (bicyclic) bond motifs is 1. The Morgan fingerprint density at radius 2 is 1.75 bits per heavy atom. The zero-order valence-electron chi connectivity index (χ0n) is 15.5. The van der Waals surface area contributed by atoms with Crippen molar-refractivity contribution in [1.82, 2.24) is 5.32 Å². The van der Waals surface area contributed by atoms with Crippen molar-refractivity contribution in [2.45, 2.75) is 6.92 Å². The highest BCUT2D eigenvalue weighted by molar-refractivity contribution is 6.07. The normalized spacial score (nSPS) is 9.89. The molecule has 5 heteroatoms. The minimum absolute atomic E-state index is 0.140. The molecular formula is C23H20N2O3. The van der Waals surface area contributed by atoms with Gasteiger partial charge in [-0.15, -0.1) is 0 Å². The SMILES string of the molecule is CC(=O)Nc1cccc(OCC#CCNC(=O)c2cccc3ccccc23)c1. The number of hydrogen-bond donors (Lipinski definition) is 2. The van der Waals surface area contributed by atoms with Crippen LogP contribution < -0.4 is 15.4 Å². The van der Waals surface area contributed by atoms with Gasteiger partial charge < -0.3 is 15.4 Å². The van der Waals surface area contributed by atoms with Crippen molar-refractivity contribution < 1.29 is 14.3 Å². The summed E-state index contributed by atoms with van der Waals surface area (Å²) in [5.41, 5.74) is 1.30. The summed E-state index contributed by atoms with van der Waals surface area (Å²) in [6.45, 7) is 1.87. The number of rotatable bonds is 5. The molecule has 0 bridgehead atoms. The van der Waals surface area contributed by atoms with Gasteiger partial charge in [0.2, 0.25) is 5.91 Å². The molecule has 28 heavy (non-hydrogen) atoms. The molecule has 0 saturated carbocycles. The smallest absolute Gasteiger partial charge is 0.252 e. The van der Waals surface area contributed by atoms with Gasteiger partial charge in [0.25, 0.3) is 5.91 Å². The molecule has 3 aromatic rings. The Balaban J connectivity index is 1.50. The van der Waals surface area contributed by atoms with Gasteiger partial charge in [-0.2, -0.15) is 0 Å². The number of amides is 2. The number of carbonyl (C=O) groups is 2. The predicted octanol–water partition coefficient (Wildman–Crippen LogP) is 3.61. The lowest BCUT2D eigenvalue weighted by Crippen LogP contribution is -2.23. The van der Waals surface area contributed by atoms with E-state index in [0.29, 0.717) is 17.0 Å². The summed E-state index contributed by atoms with van der Waals surface area (Å²) in [4.78, 5) is 23.5. The minimum atomic E-state index is -0.157. The summed E-state index contributed by atoms with van der Waals surface area (Å²) in [5.74, 6) is 6.05. The average Bonchev–Trinajstić information content (AvgIpc) is 2.70. The summed E-state index contributed by atoms with van der Waals surface area (Å²) in [5, 5.41) is 7.44.